The van der Waals surface area contributed by atoms with Crippen LogP contribution in [0.5, 0.6) is 0 Å². The molecule has 1 aromatic rings. The van der Waals surface area contributed by atoms with E-state index in [1.807, 2.05) is 30.3 Å². The molecule has 0 saturated carbocycles. The molecule has 7 heteroatoms. The number of benzene rings is 1. The third kappa shape index (κ3) is 5.37. The average Bonchev–Trinajstić information content (AvgIpc) is 2.68. The first-order chi connectivity index (χ1) is 12.7. The van der Waals surface area contributed by atoms with Crippen molar-refractivity contribution in [3.63, 3.8) is 0 Å². The molecule has 0 bridgehead atoms. The minimum atomic E-state index is -0.168. The second-order valence-electron chi connectivity index (χ2n) is 6.52. The van der Waals surface area contributed by atoms with Crippen molar-refractivity contribution in [1.29, 1.82) is 0 Å². The van der Waals surface area contributed by atoms with Gasteiger partial charge in [0.25, 0.3) is 0 Å². The van der Waals surface area contributed by atoms with Crippen molar-refractivity contribution in [3.8, 4) is 0 Å². The monoisotopic (exact) mass is 358 g/mol. The van der Waals surface area contributed by atoms with Gasteiger partial charge in [0.05, 0.1) is 18.9 Å². The highest BCUT2D eigenvalue weighted by Gasteiger charge is 2.23. The van der Waals surface area contributed by atoms with Crippen molar-refractivity contribution in [2.45, 2.75) is 19.3 Å². The number of hydrazone groups is 1. The Kier molecular flexibility index (Phi) is 6.74. The second-order valence-corrected chi connectivity index (χ2v) is 6.52. The third-order valence-corrected chi connectivity index (χ3v) is 4.58. The van der Waals surface area contributed by atoms with E-state index in [1.165, 1.54) is 5.01 Å². The van der Waals surface area contributed by atoms with E-state index in [0.29, 0.717) is 19.4 Å². The predicted molar refractivity (Wildman–Crippen MR) is 98.8 cm³/mol. The molecule has 140 valence electrons. The molecule has 0 aromatic heterocycles. The van der Waals surface area contributed by atoms with Gasteiger partial charge in [0.15, 0.2) is 0 Å². The van der Waals surface area contributed by atoms with E-state index in [0.717, 1.165) is 50.5 Å². The van der Waals surface area contributed by atoms with Crippen LogP contribution in [-0.4, -0.2) is 73.4 Å². The summed E-state index contributed by atoms with van der Waals surface area (Å²) in [6, 6.07) is 9.77. The highest BCUT2D eigenvalue weighted by molar-refractivity contribution is 6.04. The van der Waals surface area contributed by atoms with Gasteiger partial charge in [-0.15, -0.1) is 0 Å². The Labute approximate surface area is 154 Å². The molecule has 1 N–H and O–H groups in total. The fraction of sp³-hybridized carbons (Fsp3) is 0.526. The van der Waals surface area contributed by atoms with Crippen LogP contribution in [0.4, 0.5) is 0 Å². The van der Waals surface area contributed by atoms with E-state index >= 15 is 0 Å². The zero-order valence-electron chi connectivity index (χ0n) is 15.0. The Bertz CT molecular complexity index is 641. The fourth-order valence-corrected chi connectivity index (χ4v) is 3.11. The van der Waals surface area contributed by atoms with Crippen molar-refractivity contribution >= 4 is 17.5 Å². The third-order valence-electron chi connectivity index (χ3n) is 4.58. The Balaban J connectivity index is 1.44. The van der Waals surface area contributed by atoms with E-state index in [2.05, 4.69) is 15.3 Å². The van der Waals surface area contributed by atoms with E-state index in [1.54, 1.807) is 0 Å². The molecule has 0 unspecified atom stereocenters. The van der Waals surface area contributed by atoms with Gasteiger partial charge in [-0.2, -0.15) is 5.10 Å². The van der Waals surface area contributed by atoms with Crippen LogP contribution < -0.4 is 5.32 Å². The zero-order valence-corrected chi connectivity index (χ0v) is 15.0. The van der Waals surface area contributed by atoms with Gasteiger partial charge in [0.2, 0.25) is 11.8 Å². The highest BCUT2D eigenvalue weighted by atomic mass is 16.5. The number of hydrogen-bond acceptors (Lipinski definition) is 5. The van der Waals surface area contributed by atoms with E-state index in [9.17, 15) is 9.59 Å². The Hall–Kier alpha value is -2.25. The summed E-state index contributed by atoms with van der Waals surface area (Å²) >= 11 is 0. The van der Waals surface area contributed by atoms with Crippen LogP contribution in [0, 0.1) is 0 Å². The first-order valence-electron chi connectivity index (χ1n) is 9.22. The van der Waals surface area contributed by atoms with E-state index < -0.39 is 0 Å². The SMILES string of the molecule is O=C(CN1N=C(c2ccccc2)CCC1=O)NCCCN1CCOCC1. The molecule has 1 fully saturated rings. The number of rotatable bonds is 7. The standard InChI is InChI=1S/C19H26N4O3/c24-18(20-9-4-10-22-11-13-26-14-12-22)15-23-19(25)8-7-17(21-23)16-5-2-1-3-6-16/h1-3,5-6H,4,7-15H2,(H,20,24). The zero-order chi connectivity index (χ0) is 18.2. The number of amides is 2. The molecule has 0 spiro atoms. The highest BCUT2D eigenvalue weighted by Crippen LogP contribution is 2.14. The van der Waals surface area contributed by atoms with Crippen LogP contribution in [0.1, 0.15) is 24.8 Å². The lowest BCUT2D eigenvalue weighted by Gasteiger charge is -2.26. The number of morpholine rings is 1. The van der Waals surface area contributed by atoms with Gasteiger partial charge in [0, 0.05) is 32.5 Å². The number of nitrogens with one attached hydrogen (secondary N) is 1. The summed E-state index contributed by atoms with van der Waals surface area (Å²) in [7, 11) is 0. The lowest BCUT2D eigenvalue weighted by atomic mass is 10.0. The maximum atomic E-state index is 12.1. The smallest absolute Gasteiger partial charge is 0.243 e. The minimum absolute atomic E-state index is 0.0211. The summed E-state index contributed by atoms with van der Waals surface area (Å²) in [6.45, 7) is 5.00. The van der Waals surface area contributed by atoms with Gasteiger partial charge in [-0.3, -0.25) is 14.5 Å². The molecule has 2 amide bonds. The Morgan fingerprint density at radius 1 is 1.15 bits per heavy atom. The predicted octanol–water partition coefficient (Wildman–Crippen LogP) is 0.852. The van der Waals surface area contributed by atoms with Crippen LogP contribution >= 0.6 is 0 Å². The molecule has 2 heterocycles. The number of nitrogens with zero attached hydrogens (tertiary/aromatic N) is 3. The normalized spacial score (nSPS) is 18.5. The van der Waals surface area contributed by atoms with Crippen molar-refractivity contribution < 1.29 is 14.3 Å². The maximum absolute atomic E-state index is 12.1. The van der Waals surface area contributed by atoms with Crippen LogP contribution in [-0.2, 0) is 14.3 Å². The Morgan fingerprint density at radius 3 is 2.69 bits per heavy atom. The molecular weight excluding hydrogens is 332 g/mol. The van der Waals surface area contributed by atoms with Gasteiger partial charge in [-0.05, 0) is 18.5 Å². The molecule has 2 aliphatic rings. The van der Waals surface area contributed by atoms with Crippen LogP contribution in [0.3, 0.4) is 0 Å². The largest absolute Gasteiger partial charge is 0.379 e. The van der Waals surface area contributed by atoms with E-state index in [-0.39, 0.29) is 18.4 Å². The number of hydrogen-bond donors (Lipinski definition) is 1. The lowest BCUT2D eigenvalue weighted by molar-refractivity contribution is -0.136. The summed E-state index contributed by atoms with van der Waals surface area (Å²) in [6.07, 6.45) is 1.89. The summed E-state index contributed by atoms with van der Waals surface area (Å²) in [4.78, 5) is 26.5. The van der Waals surface area contributed by atoms with Gasteiger partial charge in [0.1, 0.15) is 6.54 Å². The lowest BCUT2D eigenvalue weighted by Crippen LogP contribution is -2.41. The van der Waals surface area contributed by atoms with Crippen LogP contribution in [0.15, 0.2) is 35.4 Å². The molecule has 3 rings (SSSR count). The number of carbonyl (C=O) groups is 2. The molecule has 1 saturated heterocycles. The Morgan fingerprint density at radius 2 is 1.92 bits per heavy atom. The van der Waals surface area contributed by atoms with Crippen molar-refractivity contribution in [1.82, 2.24) is 15.2 Å². The first-order valence-corrected chi connectivity index (χ1v) is 9.22. The molecule has 0 aliphatic carbocycles. The van der Waals surface area contributed by atoms with Gasteiger partial charge >= 0.3 is 0 Å². The van der Waals surface area contributed by atoms with Gasteiger partial charge in [-0.1, -0.05) is 30.3 Å². The molecule has 0 atom stereocenters. The summed E-state index contributed by atoms with van der Waals surface area (Å²) in [5, 5.41) is 8.57. The maximum Gasteiger partial charge on any atom is 0.243 e. The van der Waals surface area contributed by atoms with Crippen molar-refractivity contribution in [2.75, 3.05) is 45.9 Å². The molecule has 1 aromatic carbocycles. The van der Waals surface area contributed by atoms with Crippen molar-refractivity contribution in [2.24, 2.45) is 5.10 Å². The van der Waals surface area contributed by atoms with Crippen LogP contribution in [0.2, 0.25) is 0 Å². The summed E-state index contributed by atoms with van der Waals surface area (Å²) < 4.78 is 5.32. The molecule has 26 heavy (non-hydrogen) atoms. The number of carbonyl (C=O) groups excluding carboxylic acids is 2. The first kappa shape index (κ1) is 18.5. The quantitative estimate of drug-likeness (QED) is 0.734. The molecule has 7 nitrogen and oxygen atoms in total. The topological polar surface area (TPSA) is 74.2 Å². The molecular formula is C19H26N4O3. The average molecular weight is 358 g/mol. The molecule has 2 aliphatic heterocycles. The summed E-state index contributed by atoms with van der Waals surface area (Å²) in [5.41, 5.74) is 1.85. The minimum Gasteiger partial charge on any atom is -0.379 e. The molecule has 0 radical (unpaired) electrons. The van der Waals surface area contributed by atoms with Crippen LogP contribution in [0.25, 0.3) is 0 Å². The fourth-order valence-electron chi connectivity index (χ4n) is 3.11. The van der Waals surface area contributed by atoms with E-state index in [4.69, 9.17) is 4.74 Å². The summed E-state index contributed by atoms with van der Waals surface area (Å²) in [5.74, 6) is -0.272. The van der Waals surface area contributed by atoms with Crippen molar-refractivity contribution in [3.05, 3.63) is 35.9 Å². The second kappa shape index (κ2) is 9.45. The van der Waals surface area contributed by atoms with Gasteiger partial charge < -0.3 is 10.1 Å². The van der Waals surface area contributed by atoms with Gasteiger partial charge in [-0.25, -0.2) is 5.01 Å². The number of ether oxygens (including phenoxy) is 1.